The van der Waals surface area contributed by atoms with Gasteiger partial charge in [0.1, 0.15) is 22.7 Å². The molecule has 3 heterocycles. The molecular formula is C26H32N4O5. The van der Waals surface area contributed by atoms with Gasteiger partial charge in [-0.1, -0.05) is 0 Å². The summed E-state index contributed by atoms with van der Waals surface area (Å²) in [6.45, 7) is 7.29. The number of benzene rings is 2. The molecular weight excluding hydrogens is 448 g/mol. The van der Waals surface area contributed by atoms with Gasteiger partial charge in [-0.2, -0.15) is 0 Å². The summed E-state index contributed by atoms with van der Waals surface area (Å²) in [6.07, 6.45) is 0. The highest BCUT2D eigenvalue weighted by Gasteiger charge is 2.24. The standard InChI is InChI=1S/C26H32N4O5/c1-27-3-7-29(8-4-27)15-23(33)19-11-17-18-12-20(24(34)16-30-9-5-28(2)6-10-30)22(32)14-26(18)35-25(17)13-21(19)31/h11-14,31-32H,3-10,15-16H2,1-2H3. The van der Waals surface area contributed by atoms with Crippen molar-refractivity contribution in [3.63, 3.8) is 0 Å². The zero-order valence-electron chi connectivity index (χ0n) is 20.3. The number of rotatable bonds is 6. The molecule has 0 atom stereocenters. The van der Waals surface area contributed by atoms with Gasteiger partial charge < -0.3 is 24.4 Å². The number of carbonyl (C=O) groups is 2. The average Bonchev–Trinajstić information content (AvgIpc) is 3.16. The molecule has 2 saturated heterocycles. The minimum Gasteiger partial charge on any atom is -0.507 e. The van der Waals surface area contributed by atoms with Crippen LogP contribution in [0.2, 0.25) is 0 Å². The fourth-order valence-electron chi connectivity index (χ4n) is 4.88. The lowest BCUT2D eigenvalue weighted by Crippen LogP contribution is -2.46. The second-order valence-corrected chi connectivity index (χ2v) is 9.84. The van der Waals surface area contributed by atoms with Crippen molar-refractivity contribution in [2.75, 3.05) is 79.5 Å². The van der Waals surface area contributed by atoms with Crippen molar-refractivity contribution in [2.24, 2.45) is 0 Å². The number of hydrogen-bond acceptors (Lipinski definition) is 9. The van der Waals surface area contributed by atoms with E-state index in [1.54, 1.807) is 12.1 Å². The van der Waals surface area contributed by atoms with E-state index in [-0.39, 0.29) is 47.3 Å². The first-order chi connectivity index (χ1) is 16.8. The Morgan fingerprint density at radius 3 is 1.43 bits per heavy atom. The van der Waals surface area contributed by atoms with Gasteiger partial charge in [0.2, 0.25) is 0 Å². The lowest BCUT2D eigenvalue weighted by molar-refractivity contribution is 0.0867. The van der Waals surface area contributed by atoms with E-state index in [2.05, 4.69) is 33.7 Å². The Morgan fingerprint density at radius 1 is 0.686 bits per heavy atom. The average molecular weight is 481 g/mol. The largest absolute Gasteiger partial charge is 0.507 e. The fourth-order valence-corrected chi connectivity index (χ4v) is 4.88. The van der Waals surface area contributed by atoms with E-state index in [4.69, 9.17) is 4.42 Å². The smallest absolute Gasteiger partial charge is 0.180 e. The second kappa shape index (κ2) is 9.58. The second-order valence-electron chi connectivity index (χ2n) is 9.84. The third-order valence-corrected chi connectivity index (χ3v) is 7.23. The number of fused-ring (bicyclic) bond motifs is 3. The Balaban J connectivity index is 1.43. The van der Waals surface area contributed by atoms with Crippen molar-refractivity contribution in [3.05, 3.63) is 35.4 Å². The normalized spacial score (nSPS) is 19.0. The van der Waals surface area contributed by atoms with Crippen LogP contribution >= 0.6 is 0 Å². The number of phenols is 2. The van der Waals surface area contributed by atoms with Crippen molar-refractivity contribution in [1.29, 1.82) is 0 Å². The molecule has 35 heavy (non-hydrogen) atoms. The van der Waals surface area contributed by atoms with Crippen molar-refractivity contribution in [1.82, 2.24) is 19.6 Å². The number of aromatic hydroxyl groups is 2. The maximum atomic E-state index is 13.0. The van der Waals surface area contributed by atoms with Crippen molar-refractivity contribution < 1.29 is 24.2 Å². The molecule has 0 unspecified atom stereocenters. The summed E-state index contributed by atoms with van der Waals surface area (Å²) in [5.41, 5.74) is 1.27. The molecule has 9 nitrogen and oxygen atoms in total. The van der Waals surface area contributed by atoms with Crippen LogP contribution in [0, 0.1) is 0 Å². The van der Waals surface area contributed by atoms with E-state index >= 15 is 0 Å². The summed E-state index contributed by atoms with van der Waals surface area (Å²) >= 11 is 0. The summed E-state index contributed by atoms with van der Waals surface area (Å²) in [5.74, 6) is -0.584. The van der Waals surface area contributed by atoms with E-state index in [1.165, 1.54) is 12.1 Å². The molecule has 0 bridgehead atoms. The van der Waals surface area contributed by atoms with Crippen LogP contribution in [0.3, 0.4) is 0 Å². The number of nitrogens with zero attached hydrogens (tertiary/aromatic N) is 4. The Morgan fingerprint density at radius 2 is 1.06 bits per heavy atom. The van der Waals surface area contributed by atoms with Gasteiger partial charge in [-0.25, -0.2) is 0 Å². The molecule has 2 aliphatic rings. The third kappa shape index (κ3) is 4.90. The molecule has 0 saturated carbocycles. The quantitative estimate of drug-likeness (QED) is 0.512. The summed E-state index contributed by atoms with van der Waals surface area (Å²) in [6, 6.07) is 6.16. The number of likely N-dealkylation sites (N-methyl/N-ethyl adjacent to an activating group) is 2. The van der Waals surface area contributed by atoms with Crippen LogP contribution in [0.25, 0.3) is 21.9 Å². The number of piperazine rings is 2. The minimum atomic E-state index is -0.159. The summed E-state index contributed by atoms with van der Waals surface area (Å²) < 4.78 is 5.83. The molecule has 2 fully saturated rings. The maximum Gasteiger partial charge on any atom is 0.180 e. The van der Waals surface area contributed by atoms with Gasteiger partial charge in [0.05, 0.1) is 24.2 Å². The summed E-state index contributed by atoms with van der Waals surface area (Å²) in [4.78, 5) is 34.7. The van der Waals surface area contributed by atoms with E-state index in [0.717, 1.165) is 52.4 Å². The topological polar surface area (TPSA) is 101 Å². The highest BCUT2D eigenvalue weighted by molar-refractivity contribution is 6.13. The molecule has 0 spiro atoms. The highest BCUT2D eigenvalue weighted by atomic mass is 16.3. The predicted molar refractivity (Wildman–Crippen MR) is 134 cm³/mol. The number of furan rings is 1. The number of ketones is 2. The van der Waals surface area contributed by atoms with Gasteiger partial charge >= 0.3 is 0 Å². The molecule has 2 aromatic carbocycles. The van der Waals surface area contributed by atoms with Crippen LogP contribution < -0.4 is 0 Å². The summed E-state index contributed by atoms with van der Waals surface area (Å²) in [5, 5.41) is 22.4. The maximum absolute atomic E-state index is 13.0. The van der Waals surface area contributed by atoms with Crippen molar-refractivity contribution in [3.8, 4) is 11.5 Å². The first kappa shape index (κ1) is 23.7. The number of Topliss-reactive ketones (excluding diaryl/α,β-unsaturated/α-hetero) is 2. The molecule has 0 aliphatic carbocycles. The summed E-state index contributed by atoms with van der Waals surface area (Å²) in [7, 11) is 4.12. The van der Waals surface area contributed by atoms with E-state index in [9.17, 15) is 19.8 Å². The van der Waals surface area contributed by atoms with Gasteiger partial charge in [-0.3, -0.25) is 19.4 Å². The first-order valence-electron chi connectivity index (χ1n) is 12.1. The van der Waals surface area contributed by atoms with Gasteiger partial charge in [0, 0.05) is 75.3 Å². The van der Waals surface area contributed by atoms with Crippen molar-refractivity contribution >= 4 is 33.5 Å². The Bertz CT molecular complexity index is 1170. The Kier molecular flexibility index (Phi) is 6.50. The number of hydrogen-bond donors (Lipinski definition) is 2. The molecule has 5 rings (SSSR count). The van der Waals surface area contributed by atoms with Gasteiger partial charge in [-0.15, -0.1) is 0 Å². The lowest BCUT2D eigenvalue weighted by Gasteiger charge is -2.31. The van der Waals surface area contributed by atoms with Gasteiger partial charge in [0.25, 0.3) is 0 Å². The number of phenolic OH excluding ortho intramolecular Hbond substituents is 2. The molecule has 2 N–H and O–H groups in total. The Labute approximate surface area is 204 Å². The Hall–Kier alpha value is -2.98. The lowest BCUT2D eigenvalue weighted by atomic mass is 10.0. The molecule has 0 amide bonds. The highest BCUT2D eigenvalue weighted by Crippen LogP contribution is 2.37. The zero-order valence-corrected chi connectivity index (χ0v) is 20.3. The molecule has 1 aromatic heterocycles. The number of carbonyl (C=O) groups excluding carboxylic acids is 2. The van der Waals surface area contributed by atoms with Gasteiger partial charge in [-0.05, 0) is 26.2 Å². The van der Waals surface area contributed by atoms with Crippen LogP contribution in [-0.4, -0.2) is 121 Å². The van der Waals surface area contributed by atoms with Crippen LogP contribution in [0.1, 0.15) is 20.7 Å². The van der Waals surface area contributed by atoms with Crippen LogP contribution in [0.4, 0.5) is 0 Å². The van der Waals surface area contributed by atoms with Crippen LogP contribution in [-0.2, 0) is 0 Å². The molecule has 186 valence electrons. The third-order valence-electron chi connectivity index (χ3n) is 7.23. The van der Waals surface area contributed by atoms with E-state index in [0.29, 0.717) is 21.9 Å². The molecule has 0 radical (unpaired) electrons. The minimum absolute atomic E-state index is 0.133. The van der Waals surface area contributed by atoms with E-state index < -0.39 is 0 Å². The zero-order chi connectivity index (χ0) is 24.7. The SMILES string of the molecule is CN1CCN(CC(=O)c2cc3c(cc2O)oc2cc(O)c(C(=O)CN4CCN(C)CC4)cc23)CC1. The molecule has 3 aromatic rings. The van der Waals surface area contributed by atoms with Gasteiger partial charge in [0.15, 0.2) is 11.6 Å². The van der Waals surface area contributed by atoms with E-state index in [1.807, 2.05) is 0 Å². The van der Waals surface area contributed by atoms with Crippen LogP contribution in [0.5, 0.6) is 11.5 Å². The monoisotopic (exact) mass is 480 g/mol. The first-order valence-corrected chi connectivity index (χ1v) is 12.1. The van der Waals surface area contributed by atoms with Crippen LogP contribution in [0.15, 0.2) is 28.7 Å². The van der Waals surface area contributed by atoms with Crippen molar-refractivity contribution in [2.45, 2.75) is 0 Å². The predicted octanol–water partition coefficient (Wildman–Crippen LogP) is 1.86. The molecule has 2 aliphatic heterocycles. The molecule has 9 heteroatoms. The fraction of sp³-hybridized carbons (Fsp3) is 0.462.